The zero-order chi connectivity index (χ0) is 64.1. The van der Waals surface area contributed by atoms with Crippen LogP contribution in [0.2, 0.25) is 0 Å². The average Bonchev–Trinajstić information content (AvgIpc) is 0.842. The number of fused-ring (bicyclic) bond motifs is 10. The van der Waals surface area contributed by atoms with Gasteiger partial charge in [-0.05, 0) is 162 Å². The van der Waals surface area contributed by atoms with Crippen LogP contribution in [0, 0.1) is 31.8 Å². The van der Waals surface area contributed by atoms with Gasteiger partial charge in [0, 0.05) is 60.0 Å². The standard InChI is InChI=1S/C70H69BN3O2.C13H11FN.Ir/c1-39(2)46-20-18-21-47(40(3)4)63(46)74-57-25-17-16-24-55(57)72-66(74)50-23-19-22-49-48-29-26-41(33-60(48)76-65(49)50)42-32-58-62-61(34-42)75-59-31-28-44(68(8,9)10)37-53(59)71(62)54-38-45(69(11,12)13)36-52-64(54)73(58)56-30-27-43(67(5,6)7)35-51(56)70(52,14)15;1-9-7-13(15-8-10(9)2)11-3-5-12(14)6-4-11;/h16-22,24-40H,1-15H3;3,5-8H,1-2H3;/q2*-1;. The van der Waals surface area contributed by atoms with Crippen LogP contribution in [0.4, 0.5) is 21.5 Å². The number of halogens is 1. The van der Waals surface area contributed by atoms with Crippen LogP contribution < -0.4 is 26.0 Å². The normalized spacial score (nSPS) is 13.8. The number of benzene rings is 9. The molecule has 6 nitrogen and oxygen atoms in total. The Morgan fingerprint density at radius 3 is 1.97 bits per heavy atom. The Morgan fingerprint density at radius 2 is 1.28 bits per heavy atom. The number of para-hydroxylation sites is 3. The van der Waals surface area contributed by atoms with Crippen molar-refractivity contribution in [2.45, 2.75) is 151 Å². The summed E-state index contributed by atoms with van der Waals surface area (Å²) in [7, 11) is 0. The number of aryl methyl sites for hydroxylation is 2. The number of rotatable bonds is 6. The van der Waals surface area contributed by atoms with E-state index in [1.165, 1.54) is 90.1 Å². The van der Waals surface area contributed by atoms with Gasteiger partial charge in [0.25, 0.3) is 6.71 Å². The van der Waals surface area contributed by atoms with Gasteiger partial charge in [-0.25, -0.2) is 0 Å². The van der Waals surface area contributed by atoms with Gasteiger partial charge in [0.1, 0.15) is 17.1 Å². The van der Waals surface area contributed by atoms with Crippen molar-refractivity contribution in [2.75, 3.05) is 4.90 Å². The van der Waals surface area contributed by atoms with E-state index in [1.54, 1.807) is 6.07 Å². The first-order valence-electron chi connectivity index (χ1n) is 32.4. The molecule has 12 aromatic rings. The number of pyridine rings is 1. The Hall–Kier alpha value is -8.36. The number of aromatic nitrogens is 3. The fourth-order valence-corrected chi connectivity index (χ4v) is 14.1. The van der Waals surface area contributed by atoms with E-state index >= 15 is 0 Å². The molecule has 3 aliphatic heterocycles. The summed E-state index contributed by atoms with van der Waals surface area (Å²) in [5.74, 6) is 2.96. The van der Waals surface area contributed by atoms with Crippen molar-refractivity contribution in [1.82, 2.24) is 14.5 Å². The molecule has 0 amide bonds. The van der Waals surface area contributed by atoms with Crippen LogP contribution in [-0.4, -0.2) is 21.2 Å². The molecule has 3 aliphatic rings. The third-order valence-corrected chi connectivity index (χ3v) is 19.6. The van der Waals surface area contributed by atoms with Gasteiger partial charge in [0.05, 0.1) is 28.1 Å². The molecule has 0 N–H and O–H groups in total. The van der Waals surface area contributed by atoms with Gasteiger partial charge in [-0.15, -0.1) is 48.0 Å². The number of nitrogens with zero attached hydrogens (tertiary/aromatic N) is 4. The van der Waals surface area contributed by atoms with Gasteiger partial charge >= 0.3 is 0 Å². The van der Waals surface area contributed by atoms with Crippen molar-refractivity contribution < 1.29 is 33.6 Å². The van der Waals surface area contributed by atoms with E-state index in [0.717, 1.165) is 89.5 Å². The predicted octanol–water partition coefficient (Wildman–Crippen LogP) is 20.5. The van der Waals surface area contributed by atoms with Crippen LogP contribution in [0.15, 0.2) is 168 Å². The first-order valence-corrected chi connectivity index (χ1v) is 32.4. The van der Waals surface area contributed by atoms with Gasteiger partial charge in [0.2, 0.25) is 0 Å². The van der Waals surface area contributed by atoms with Crippen LogP contribution in [-0.2, 0) is 41.8 Å². The fraction of sp³-hybridized carbons (Fsp3) is 0.277. The van der Waals surface area contributed by atoms with Crippen LogP contribution in [0.25, 0.3) is 72.4 Å². The molecule has 0 atom stereocenters. The van der Waals surface area contributed by atoms with Crippen molar-refractivity contribution >= 4 is 73.1 Å². The molecule has 0 saturated carbocycles. The first kappa shape index (κ1) is 62.5. The molecular weight excluding hydrogens is 1310 g/mol. The number of hydrogen-bond donors (Lipinski definition) is 0. The molecule has 0 fully saturated rings. The quantitative estimate of drug-likeness (QED) is 0.123. The molecule has 0 saturated heterocycles. The van der Waals surface area contributed by atoms with Crippen LogP contribution >= 0.6 is 0 Å². The topological polar surface area (TPSA) is 56.3 Å². The van der Waals surface area contributed by atoms with E-state index in [-0.39, 0.29) is 54.3 Å². The monoisotopic (exact) mass is 1390 g/mol. The smallest absolute Gasteiger partial charge is 0.256 e. The van der Waals surface area contributed by atoms with Gasteiger partial charge in [0.15, 0.2) is 0 Å². The summed E-state index contributed by atoms with van der Waals surface area (Å²) >= 11 is 0. The second-order valence-corrected chi connectivity index (χ2v) is 29.9. The zero-order valence-corrected chi connectivity index (χ0v) is 58.5. The molecule has 9 heteroatoms. The molecule has 6 heterocycles. The molecule has 3 aromatic heterocycles. The SMILES string of the molecule is CC(C)c1cccc(C(C)C)c1-n1c(-c2[c-]ccc3c2oc2cc(-c4cc5c6c(c4)N4c7ccc(C(C)(C)C)cc7C(C)(C)c7cc(C(C)(C)C)cc(c74)B6c4cc(C(C)(C)C)ccc4O5)ccc23)nc2ccccc21.Cc1cnc(-c2[c-]cc(F)cc2)cc1C.[Ir]. The minimum Gasteiger partial charge on any atom is -0.501 e. The van der Waals surface area contributed by atoms with Crippen molar-refractivity contribution in [3.05, 3.63) is 232 Å². The van der Waals surface area contributed by atoms with Crippen molar-refractivity contribution in [1.29, 1.82) is 0 Å². The summed E-state index contributed by atoms with van der Waals surface area (Å²) < 4.78 is 29.5. The number of ether oxygens (including phenoxy) is 1. The van der Waals surface area contributed by atoms with Crippen molar-refractivity contribution in [3.8, 4) is 51.0 Å². The molecule has 0 bridgehead atoms. The van der Waals surface area contributed by atoms with E-state index in [9.17, 15) is 4.39 Å². The van der Waals surface area contributed by atoms with Crippen LogP contribution in [0.3, 0.4) is 0 Å². The summed E-state index contributed by atoms with van der Waals surface area (Å²) in [6, 6.07) is 63.0. The van der Waals surface area contributed by atoms with Crippen LogP contribution in [0.5, 0.6) is 11.5 Å². The second kappa shape index (κ2) is 22.5. The summed E-state index contributed by atoms with van der Waals surface area (Å²) in [6.45, 7) is 39.0. The van der Waals surface area contributed by atoms with E-state index < -0.39 is 0 Å². The van der Waals surface area contributed by atoms with Crippen molar-refractivity contribution in [2.24, 2.45) is 0 Å². The third kappa shape index (κ3) is 10.3. The number of furan rings is 1. The molecule has 92 heavy (non-hydrogen) atoms. The Morgan fingerprint density at radius 1 is 0.598 bits per heavy atom. The molecule has 0 spiro atoms. The maximum Gasteiger partial charge on any atom is 0.256 e. The van der Waals surface area contributed by atoms with Crippen molar-refractivity contribution in [3.63, 3.8) is 0 Å². The largest absolute Gasteiger partial charge is 0.501 e. The average molecular weight is 1390 g/mol. The van der Waals surface area contributed by atoms with Gasteiger partial charge in [-0.1, -0.05) is 205 Å². The maximum atomic E-state index is 12.7. The van der Waals surface area contributed by atoms with Crippen LogP contribution in [0.1, 0.15) is 166 Å². The van der Waals surface area contributed by atoms with E-state index in [4.69, 9.17) is 14.1 Å². The molecular formula is C83H80BFIrN4O2-2. The first-order chi connectivity index (χ1) is 43.1. The van der Waals surface area contributed by atoms with Gasteiger partial charge in [-0.3, -0.25) is 9.37 Å². The number of imidazole rings is 1. The Labute approximate surface area is 556 Å². The van der Waals surface area contributed by atoms with E-state index in [1.807, 2.05) is 32.2 Å². The number of anilines is 3. The zero-order valence-electron chi connectivity index (χ0n) is 56.1. The van der Waals surface area contributed by atoms with E-state index in [2.05, 4.69) is 258 Å². The molecule has 15 rings (SSSR count). The maximum absolute atomic E-state index is 12.7. The molecule has 9 aromatic carbocycles. The summed E-state index contributed by atoms with van der Waals surface area (Å²) in [4.78, 5) is 12.3. The summed E-state index contributed by atoms with van der Waals surface area (Å²) in [5, 5.41) is 2.09. The second-order valence-electron chi connectivity index (χ2n) is 29.9. The van der Waals surface area contributed by atoms with E-state index in [0.29, 0.717) is 11.8 Å². The molecule has 0 unspecified atom stereocenters. The minimum absolute atomic E-state index is 0. The van der Waals surface area contributed by atoms with Gasteiger partial charge in [-0.2, -0.15) is 0 Å². The predicted molar refractivity (Wildman–Crippen MR) is 378 cm³/mol. The minimum atomic E-state index is -0.279. The van der Waals surface area contributed by atoms with Gasteiger partial charge < -0.3 is 23.6 Å². The Balaban J connectivity index is 0.000000424. The summed E-state index contributed by atoms with van der Waals surface area (Å²) in [5.41, 5.74) is 28.1. The Kier molecular flexibility index (Phi) is 15.2. The molecule has 0 aliphatic carbocycles. The fourth-order valence-electron chi connectivity index (χ4n) is 14.1. The third-order valence-electron chi connectivity index (χ3n) is 19.6. The Bertz CT molecular complexity index is 4920. The molecule has 465 valence electrons. The summed E-state index contributed by atoms with van der Waals surface area (Å²) in [6.07, 6.45) is 1.82. The number of hydrogen-bond acceptors (Lipinski definition) is 5. The molecule has 1 radical (unpaired) electrons.